The molecule has 2 unspecified atom stereocenters. The molecule has 0 bridgehead atoms. The predicted octanol–water partition coefficient (Wildman–Crippen LogP) is 2.50. The average molecular weight is 518 g/mol. The summed E-state index contributed by atoms with van der Waals surface area (Å²) in [6, 6.07) is 9.27. The normalized spacial score (nSPS) is 13.1. The molecule has 0 radical (unpaired) electrons. The second-order valence-corrected chi connectivity index (χ2v) is 9.65. The Bertz CT molecular complexity index is 1560. The van der Waals surface area contributed by atoms with E-state index in [1.807, 2.05) is 13.0 Å². The zero-order valence-corrected chi connectivity index (χ0v) is 21.3. The summed E-state index contributed by atoms with van der Waals surface area (Å²) in [6.45, 7) is 5.38. The van der Waals surface area contributed by atoms with Crippen LogP contribution in [0.2, 0.25) is 0 Å². The van der Waals surface area contributed by atoms with Gasteiger partial charge in [0.05, 0.1) is 36.2 Å². The topological polar surface area (TPSA) is 172 Å². The summed E-state index contributed by atoms with van der Waals surface area (Å²) in [5.74, 6) is -2.49. The largest absolute Gasteiger partial charge is 0.501 e. The predicted molar refractivity (Wildman–Crippen MR) is 136 cm³/mol. The molecule has 12 heteroatoms. The fraction of sp³-hybridized carbons (Fsp3) is 0.308. The Balaban J connectivity index is 1.84. The number of rotatable bonds is 8. The van der Waals surface area contributed by atoms with Gasteiger partial charge in [-0.25, -0.2) is 4.98 Å². The number of hydrogen-bond donors (Lipinski definition) is 3. The van der Waals surface area contributed by atoms with Crippen LogP contribution in [0.1, 0.15) is 65.6 Å². The highest BCUT2D eigenvalue weighted by atomic mass is 16.5. The lowest BCUT2D eigenvalue weighted by atomic mass is 9.80. The van der Waals surface area contributed by atoms with Crippen molar-refractivity contribution in [2.75, 3.05) is 5.32 Å². The number of nitriles is 1. The van der Waals surface area contributed by atoms with Gasteiger partial charge in [-0.05, 0) is 31.0 Å². The molecule has 12 nitrogen and oxygen atoms in total. The maximum absolute atomic E-state index is 13.0. The first kappa shape index (κ1) is 26.3. The van der Waals surface area contributed by atoms with Gasteiger partial charge in [0.15, 0.2) is 5.69 Å². The minimum Gasteiger partial charge on any atom is -0.501 e. The molecule has 196 valence electrons. The van der Waals surface area contributed by atoms with E-state index < -0.39 is 40.3 Å². The van der Waals surface area contributed by atoms with Gasteiger partial charge >= 0.3 is 0 Å². The third kappa shape index (κ3) is 5.33. The average Bonchev–Trinajstić information content (AvgIpc) is 3.54. The van der Waals surface area contributed by atoms with E-state index in [1.54, 1.807) is 49.1 Å². The Labute approximate surface area is 217 Å². The molecule has 0 fully saturated rings. The van der Waals surface area contributed by atoms with Crippen LogP contribution >= 0.6 is 0 Å². The Hall–Kier alpha value is -4.76. The van der Waals surface area contributed by atoms with Crippen molar-refractivity contribution in [3.8, 4) is 11.8 Å². The molecule has 1 aromatic carbocycles. The zero-order valence-electron chi connectivity index (χ0n) is 21.3. The van der Waals surface area contributed by atoms with E-state index >= 15 is 0 Å². The van der Waals surface area contributed by atoms with Crippen LogP contribution in [-0.4, -0.2) is 46.2 Å². The van der Waals surface area contributed by atoms with Crippen LogP contribution in [0, 0.1) is 11.3 Å². The minimum atomic E-state index is -1.01. The Morgan fingerprint density at radius 2 is 2.03 bits per heavy atom. The van der Waals surface area contributed by atoms with Crippen molar-refractivity contribution in [3.05, 3.63) is 87.7 Å². The summed E-state index contributed by atoms with van der Waals surface area (Å²) in [7, 11) is 1.45. The molecule has 4 rings (SSSR count). The molecule has 0 saturated heterocycles. The molecule has 3 N–H and O–H groups in total. The highest BCUT2D eigenvalue weighted by molar-refractivity contribution is 6.04. The number of nitrogens with zero attached hydrogens (tertiary/aromatic N) is 6. The molecule has 4 aromatic rings. The number of aromatic nitrogens is 5. The van der Waals surface area contributed by atoms with Crippen molar-refractivity contribution < 1.29 is 19.5 Å². The van der Waals surface area contributed by atoms with Gasteiger partial charge in [-0.1, -0.05) is 30.3 Å². The van der Waals surface area contributed by atoms with E-state index in [9.17, 15) is 25.1 Å². The number of anilines is 1. The second-order valence-electron chi connectivity index (χ2n) is 9.65. The van der Waals surface area contributed by atoms with Crippen LogP contribution in [0.4, 0.5) is 5.69 Å². The fourth-order valence-corrected chi connectivity index (χ4v) is 4.41. The molecule has 2 atom stereocenters. The maximum Gasteiger partial charge on any atom is 0.296 e. The van der Waals surface area contributed by atoms with Crippen LogP contribution in [0.3, 0.4) is 0 Å². The van der Waals surface area contributed by atoms with Gasteiger partial charge in [0.1, 0.15) is 17.8 Å². The van der Waals surface area contributed by atoms with Crippen LogP contribution < -0.4 is 10.9 Å². The highest BCUT2D eigenvalue weighted by Gasteiger charge is 2.31. The van der Waals surface area contributed by atoms with Crippen LogP contribution in [0.5, 0.6) is 5.75 Å². The van der Waals surface area contributed by atoms with E-state index in [-0.39, 0.29) is 18.1 Å². The number of benzene rings is 1. The van der Waals surface area contributed by atoms with Gasteiger partial charge in [0.25, 0.3) is 11.5 Å². The van der Waals surface area contributed by atoms with Gasteiger partial charge in [-0.15, -0.1) is 0 Å². The third-order valence-electron chi connectivity index (χ3n) is 6.09. The smallest absolute Gasteiger partial charge is 0.296 e. The van der Waals surface area contributed by atoms with E-state index in [2.05, 4.69) is 26.6 Å². The lowest BCUT2D eigenvalue weighted by Crippen LogP contribution is -2.29. The van der Waals surface area contributed by atoms with Gasteiger partial charge < -0.3 is 20.1 Å². The first-order chi connectivity index (χ1) is 18.0. The lowest BCUT2D eigenvalue weighted by molar-refractivity contribution is 0.0577. The molecule has 0 aliphatic rings. The molecule has 1 amide bonds. The second kappa shape index (κ2) is 10.3. The zero-order chi connectivity index (χ0) is 27.6. The number of aromatic hydroxyl groups is 1. The molecule has 0 spiro atoms. The van der Waals surface area contributed by atoms with Crippen LogP contribution in [0.15, 0.2) is 58.4 Å². The summed E-state index contributed by atoms with van der Waals surface area (Å²) in [5.41, 5.74) is -0.237. The van der Waals surface area contributed by atoms with E-state index in [1.165, 1.54) is 24.1 Å². The van der Waals surface area contributed by atoms with Gasteiger partial charge in [0.2, 0.25) is 5.75 Å². The lowest BCUT2D eigenvalue weighted by Gasteiger charge is -2.26. The SMILES string of the molecule is CC(c1nc(C(=O)Nc2cnoc2)c(O)c(=O)n1C)C(c1cnn(CC(C)(C)O)c1)c1ccccc1C#N. The summed E-state index contributed by atoms with van der Waals surface area (Å²) < 4.78 is 7.49. The Morgan fingerprint density at radius 1 is 1.29 bits per heavy atom. The quantitative estimate of drug-likeness (QED) is 0.317. The Morgan fingerprint density at radius 3 is 2.68 bits per heavy atom. The molecule has 0 saturated carbocycles. The van der Waals surface area contributed by atoms with Crippen molar-refractivity contribution in [1.29, 1.82) is 5.26 Å². The number of carbonyl (C=O) groups is 1. The van der Waals surface area contributed by atoms with Gasteiger partial charge in [0, 0.05) is 25.1 Å². The summed E-state index contributed by atoms with van der Waals surface area (Å²) >= 11 is 0. The third-order valence-corrected chi connectivity index (χ3v) is 6.09. The van der Waals surface area contributed by atoms with E-state index in [0.29, 0.717) is 16.7 Å². The van der Waals surface area contributed by atoms with E-state index in [4.69, 9.17) is 4.52 Å². The highest BCUT2D eigenvalue weighted by Crippen LogP contribution is 2.39. The van der Waals surface area contributed by atoms with Crippen LogP contribution in [-0.2, 0) is 13.6 Å². The Kier molecular flexibility index (Phi) is 7.14. The summed E-state index contributed by atoms with van der Waals surface area (Å²) in [5, 5.41) is 40.9. The molecule has 0 aliphatic heterocycles. The van der Waals surface area contributed by atoms with Crippen molar-refractivity contribution in [2.24, 2.45) is 7.05 Å². The molecule has 3 aromatic heterocycles. The van der Waals surface area contributed by atoms with Crippen molar-refractivity contribution in [3.63, 3.8) is 0 Å². The van der Waals surface area contributed by atoms with Gasteiger partial charge in [-0.2, -0.15) is 10.4 Å². The first-order valence-corrected chi connectivity index (χ1v) is 11.7. The van der Waals surface area contributed by atoms with Gasteiger partial charge in [-0.3, -0.25) is 18.8 Å². The number of amides is 1. The molecular weight excluding hydrogens is 490 g/mol. The van der Waals surface area contributed by atoms with E-state index in [0.717, 1.165) is 0 Å². The molecule has 3 heterocycles. The number of hydrogen-bond acceptors (Lipinski definition) is 9. The van der Waals surface area contributed by atoms with Crippen molar-refractivity contribution in [1.82, 2.24) is 24.5 Å². The number of aliphatic hydroxyl groups is 1. The van der Waals surface area contributed by atoms with Crippen molar-refractivity contribution in [2.45, 2.75) is 44.8 Å². The van der Waals surface area contributed by atoms with Crippen LogP contribution in [0.25, 0.3) is 0 Å². The monoisotopic (exact) mass is 517 g/mol. The van der Waals surface area contributed by atoms with Crippen molar-refractivity contribution >= 4 is 11.6 Å². The first-order valence-electron chi connectivity index (χ1n) is 11.7. The maximum atomic E-state index is 13.0. The molecule has 0 aliphatic carbocycles. The summed E-state index contributed by atoms with van der Waals surface area (Å²) in [4.78, 5) is 30.3. The fourth-order valence-electron chi connectivity index (χ4n) is 4.41. The number of carbonyl (C=O) groups excluding carboxylic acids is 1. The number of nitrogens with one attached hydrogen (secondary N) is 1. The molecule has 38 heavy (non-hydrogen) atoms. The summed E-state index contributed by atoms with van der Waals surface area (Å²) in [6.07, 6.45) is 5.86. The minimum absolute atomic E-state index is 0.205. The standard InChI is InChI=1S/C26H27N7O5/c1-15(23-31-21(22(34)25(36)32(23)4)24(35)30-18-11-29-38-13-18)20(19-8-6-5-7-16(19)9-27)17-10-28-33(12-17)14-26(2,3)37/h5-8,10-13,15,20,34,37H,14H2,1-4H3,(H,30,35). The molecular formula is C26H27N7O5.